The van der Waals surface area contributed by atoms with Gasteiger partial charge in [-0.2, -0.15) is 0 Å². The highest BCUT2D eigenvalue weighted by Gasteiger charge is 2.41. The average Bonchev–Trinajstić information content (AvgIpc) is 2.64. The molecule has 0 aliphatic heterocycles. The van der Waals surface area contributed by atoms with Crippen LogP contribution in [0.25, 0.3) is 0 Å². The molecule has 1 aliphatic rings. The molecule has 1 heterocycles. The molecule has 20 heavy (non-hydrogen) atoms. The maximum Gasteiger partial charge on any atom is 0.322 e. The Balaban J connectivity index is 2.26. The summed E-state index contributed by atoms with van der Waals surface area (Å²) in [4.78, 5) is 16.8. The molecule has 4 heteroatoms. The first kappa shape index (κ1) is 15.1. The number of carbonyl (C=O) groups excluding carboxylic acids is 1. The maximum atomic E-state index is 12.5. The zero-order chi connectivity index (χ0) is 14.4. The van der Waals surface area contributed by atoms with E-state index in [1.807, 2.05) is 25.1 Å². The Labute approximate surface area is 124 Å². The molecular formula is C16H21NO2S. The van der Waals surface area contributed by atoms with Gasteiger partial charge >= 0.3 is 5.97 Å². The highest BCUT2D eigenvalue weighted by atomic mass is 32.2. The number of thioether (sulfide) groups is 1. The van der Waals surface area contributed by atoms with Gasteiger partial charge in [0.15, 0.2) is 0 Å². The van der Waals surface area contributed by atoms with Crippen molar-refractivity contribution in [2.24, 2.45) is 0 Å². The van der Waals surface area contributed by atoms with E-state index in [1.54, 1.807) is 18.0 Å². The van der Waals surface area contributed by atoms with Crippen LogP contribution in [0.1, 0.15) is 39.5 Å². The van der Waals surface area contributed by atoms with Crippen LogP contribution in [-0.4, -0.2) is 22.3 Å². The van der Waals surface area contributed by atoms with Crippen LogP contribution in [0.4, 0.5) is 0 Å². The highest BCUT2D eigenvalue weighted by molar-refractivity contribution is 8.01. The minimum absolute atomic E-state index is 0.110. The fourth-order valence-corrected chi connectivity index (χ4v) is 3.60. The second-order valence-corrected chi connectivity index (χ2v) is 6.50. The van der Waals surface area contributed by atoms with Crippen molar-refractivity contribution >= 4 is 17.7 Å². The molecule has 0 radical (unpaired) electrons. The van der Waals surface area contributed by atoms with E-state index in [0.29, 0.717) is 6.61 Å². The van der Waals surface area contributed by atoms with Crippen LogP contribution in [0.15, 0.2) is 41.1 Å². The molecule has 0 fully saturated rings. The van der Waals surface area contributed by atoms with Crippen molar-refractivity contribution < 1.29 is 9.53 Å². The number of pyridine rings is 1. The Morgan fingerprint density at radius 3 is 3.05 bits per heavy atom. The molecule has 1 aliphatic carbocycles. The van der Waals surface area contributed by atoms with E-state index in [-0.39, 0.29) is 5.97 Å². The van der Waals surface area contributed by atoms with Gasteiger partial charge in [-0.1, -0.05) is 29.5 Å². The maximum absolute atomic E-state index is 12.5. The molecule has 1 atom stereocenters. The number of hydrogen-bond acceptors (Lipinski definition) is 4. The Bertz CT molecular complexity index is 487. The average molecular weight is 291 g/mol. The van der Waals surface area contributed by atoms with Crippen LogP contribution in [0.3, 0.4) is 0 Å². The third-order valence-electron chi connectivity index (χ3n) is 3.52. The molecule has 2 rings (SSSR count). The van der Waals surface area contributed by atoms with Crippen molar-refractivity contribution in [3.63, 3.8) is 0 Å². The largest absolute Gasteiger partial charge is 0.465 e. The second-order valence-electron chi connectivity index (χ2n) is 5.09. The quantitative estimate of drug-likeness (QED) is 0.621. The molecular weight excluding hydrogens is 270 g/mol. The minimum atomic E-state index is -0.526. The van der Waals surface area contributed by atoms with Gasteiger partial charge in [0.1, 0.15) is 4.75 Å². The first-order chi connectivity index (χ1) is 9.66. The van der Waals surface area contributed by atoms with Crippen LogP contribution in [0, 0.1) is 0 Å². The van der Waals surface area contributed by atoms with Gasteiger partial charge in [0, 0.05) is 6.20 Å². The van der Waals surface area contributed by atoms with Crippen LogP contribution >= 0.6 is 11.8 Å². The molecule has 0 aromatic carbocycles. The fraction of sp³-hybridized carbons (Fsp3) is 0.500. The van der Waals surface area contributed by atoms with Gasteiger partial charge in [-0.05, 0) is 51.7 Å². The van der Waals surface area contributed by atoms with Gasteiger partial charge in [0.25, 0.3) is 0 Å². The standard InChI is InChI=1S/C16H21NO2S/c1-3-19-15(18)16(10-6-7-13(2)9-11-16)20-14-8-4-5-12-17-14/h4-5,8-9,12H,3,6-7,10-11H2,1-2H3. The van der Waals surface area contributed by atoms with Crippen molar-refractivity contribution in [3.8, 4) is 0 Å². The zero-order valence-corrected chi connectivity index (χ0v) is 12.9. The molecule has 108 valence electrons. The van der Waals surface area contributed by atoms with E-state index in [1.165, 1.54) is 5.57 Å². The highest BCUT2D eigenvalue weighted by Crippen LogP contribution is 2.42. The lowest BCUT2D eigenvalue weighted by atomic mass is 10.00. The van der Waals surface area contributed by atoms with Gasteiger partial charge in [0.05, 0.1) is 11.6 Å². The molecule has 0 spiro atoms. The molecule has 0 N–H and O–H groups in total. The van der Waals surface area contributed by atoms with E-state index in [9.17, 15) is 4.79 Å². The third-order valence-corrected chi connectivity index (χ3v) is 4.90. The van der Waals surface area contributed by atoms with Crippen molar-refractivity contribution in [1.29, 1.82) is 0 Å². The molecule has 0 amide bonds. The number of aromatic nitrogens is 1. The van der Waals surface area contributed by atoms with Gasteiger partial charge in [-0.25, -0.2) is 4.98 Å². The smallest absolute Gasteiger partial charge is 0.322 e. The van der Waals surface area contributed by atoms with Gasteiger partial charge in [-0.3, -0.25) is 4.79 Å². The Hall–Kier alpha value is -1.29. The molecule has 1 unspecified atom stereocenters. The van der Waals surface area contributed by atoms with Crippen LogP contribution in [0.5, 0.6) is 0 Å². The first-order valence-corrected chi connectivity index (χ1v) is 7.91. The van der Waals surface area contributed by atoms with Gasteiger partial charge in [-0.15, -0.1) is 0 Å². The summed E-state index contributed by atoms with van der Waals surface area (Å²) in [6.07, 6.45) is 7.57. The molecule has 1 aromatic rings. The number of allylic oxidation sites excluding steroid dienone is 2. The van der Waals surface area contributed by atoms with Crippen LogP contribution < -0.4 is 0 Å². The molecule has 3 nitrogen and oxygen atoms in total. The Morgan fingerprint density at radius 2 is 2.35 bits per heavy atom. The summed E-state index contributed by atoms with van der Waals surface area (Å²) in [5.74, 6) is -0.110. The lowest BCUT2D eigenvalue weighted by molar-refractivity contribution is -0.146. The summed E-state index contributed by atoms with van der Waals surface area (Å²) < 4.78 is 4.81. The number of esters is 1. The summed E-state index contributed by atoms with van der Waals surface area (Å²) in [5.41, 5.74) is 1.36. The lowest BCUT2D eigenvalue weighted by Gasteiger charge is -2.28. The number of nitrogens with zero attached hydrogens (tertiary/aromatic N) is 1. The summed E-state index contributed by atoms with van der Waals surface area (Å²) in [5, 5.41) is 0.883. The molecule has 0 bridgehead atoms. The van der Waals surface area contributed by atoms with E-state index in [4.69, 9.17) is 4.74 Å². The molecule has 1 aromatic heterocycles. The van der Waals surface area contributed by atoms with Crippen molar-refractivity contribution in [1.82, 2.24) is 4.98 Å². The Kier molecular flexibility index (Phi) is 5.24. The second kappa shape index (κ2) is 6.93. The lowest BCUT2D eigenvalue weighted by Crippen LogP contribution is -2.36. The van der Waals surface area contributed by atoms with Crippen molar-refractivity contribution in [2.75, 3.05) is 6.61 Å². The van der Waals surface area contributed by atoms with E-state index < -0.39 is 4.75 Å². The van der Waals surface area contributed by atoms with Gasteiger partial charge < -0.3 is 4.74 Å². The van der Waals surface area contributed by atoms with Gasteiger partial charge in [0.2, 0.25) is 0 Å². The molecule has 0 saturated carbocycles. The van der Waals surface area contributed by atoms with Crippen molar-refractivity contribution in [3.05, 3.63) is 36.0 Å². The summed E-state index contributed by atoms with van der Waals surface area (Å²) in [7, 11) is 0. The number of hydrogen-bond donors (Lipinski definition) is 0. The summed E-state index contributed by atoms with van der Waals surface area (Å²) in [6, 6.07) is 5.79. The number of carbonyl (C=O) groups is 1. The van der Waals surface area contributed by atoms with E-state index >= 15 is 0 Å². The van der Waals surface area contributed by atoms with Crippen LogP contribution in [-0.2, 0) is 9.53 Å². The predicted molar refractivity (Wildman–Crippen MR) is 81.7 cm³/mol. The molecule has 0 saturated heterocycles. The summed E-state index contributed by atoms with van der Waals surface area (Å²) >= 11 is 1.55. The van der Waals surface area contributed by atoms with E-state index in [0.717, 1.165) is 30.7 Å². The van der Waals surface area contributed by atoms with Crippen LogP contribution in [0.2, 0.25) is 0 Å². The third kappa shape index (κ3) is 3.63. The normalized spacial score (nSPS) is 22.8. The number of ether oxygens (including phenoxy) is 1. The predicted octanol–water partition coefficient (Wildman–Crippen LogP) is 4.00. The van der Waals surface area contributed by atoms with Crippen molar-refractivity contribution in [2.45, 2.75) is 49.3 Å². The summed E-state index contributed by atoms with van der Waals surface area (Å²) in [6.45, 7) is 4.41. The SMILES string of the molecule is CCOC(=O)C1(Sc2ccccn2)CC=C(C)CCC1. The number of rotatable bonds is 4. The minimum Gasteiger partial charge on any atom is -0.465 e. The monoisotopic (exact) mass is 291 g/mol. The zero-order valence-electron chi connectivity index (χ0n) is 12.1. The first-order valence-electron chi connectivity index (χ1n) is 7.09. The topological polar surface area (TPSA) is 39.2 Å². The Morgan fingerprint density at radius 1 is 1.50 bits per heavy atom. The fourth-order valence-electron chi connectivity index (χ4n) is 2.39. The van der Waals surface area contributed by atoms with E-state index in [2.05, 4.69) is 18.0 Å².